The number of esters is 2. The molecule has 1 rings (SSSR count). The SMILES string of the molecule is C=CC(=O)OCC(=O)ON(OCC)C(=O)c1ccc(C)c(C(=O)N(OCC)OC(=O)COC(=O)C=C)c1. The number of hydrogen-bond donors (Lipinski definition) is 0. The lowest BCUT2D eigenvalue weighted by molar-refractivity contribution is -0.307. The number of nitrogens with zero attached hydrogens (tertiary/aromatic N) is 2. The third-order valence-corrected chi connectivity index (χ3v) is 3.91. The predicted octanol–water partition coefficient (Wildman–Crippen LogP) is 1.16. The monoisotopic (exact) mass is 522 g/mol. The highest BCUT2D eigenvalue weighted by Crippen LogP contribution is 2.17. The fourth-order valence-corrected chi connectivity index (χ4v) is 2.29. The van der Waals surface area contributed by atoms with Crippen molar-refractivity contribution in [1.29, 1.82) is 0 Å². The topological polar surface area (TPSA) is 164 Å². The van der Waals surface area contributed by atoms with Crippen molar-refractivity contribution in [3.8, 4) is 0 Å². The summed E-state index contributed by atoms with van der Waals surface area (Å²) in [6.45, 7) is 9.09. The summed E-state index contributed by atoms with van der Waals surface area (Å²) in [5, 5.41) is 0.534. The van der Waals surface area contributed by atoms with Gasteiger partial charge in [-0.3, -0.25) is 9.59 Å². The van der Waals surface area contributed by atoms with E-state index in [2.05, 4.69) is 22.6 Å². The molecule has 0 unspecified atom stereocenters. The fourth-order valence-electron chi connectivity index (χ4n) is 2.29. The van der Waals surface area contributed by atoms with Gasteiger partial charge >= 0.3 is 35.7 Å². The van der Waals surface area contributed by atoms with E-state index in [1.54, 1.807) is 0 Å². The molecule has 0 aliphatic rings. The normalized spacial score (nSPS) is 9.92. The first-order valence-electron chi connectivity index (χ1n) is 10.6. The van der Waals surface area contributed by atoms with Gasteiger partial charge in [0.05, 0.1) is 13.2 Å². The minimum Gasteiger partial charge on any atom is -0.450 e. The maximum Gasteiger partial charge on any atom is 0.372 e. The molecule has 0 N–H and O–H groups in total. The molecule has 0 aliphatic heterocycles. The van der Waals surface area contributed by atoms with Crippen LogP contribution in [0.1, 0.15) is 40.1 Å². The second-order valence-corrected chi connectivity index (χ2v) is 6.54. The van der Waals surface area contributed by atoms with Crippen LogP contribution in [0.25, 0.3) is 0 Å². The fraction of sp³-hybridized carbons (Fsp3) is 0.304. The molecule has 14 nitrogen and oxygen atoms in total. The summed E-state index contributed by atoms with van der Waals surface area (Å²) in [6.07, 6.45) is 1.67. The van der Waals surface area contributed by atoms with Crippen molar-refractivity contribution in [3.63, 3.8) is 0 Å². The maximum atomic E-state index is 13.0. The average Bonchev–Trinajstić information content (AvgIpc) is 2.89. The third-order valence-electron chi connectivity index (χ3n) is 3.91. The number of aryl methyl sites for hydroxylation is 1. The molecular weight excluding hydrogens is 496 g/mol. The van der Waals surface area contributed by atoms with Gasteiger partial charge < -0.3 is 19.1 Å². The van der Waals surface area contributed by atoms with Crippen molar-refractivity contribution >= 4 is 35.7 Å². The number of hydroxylamine groups is 4. The molecule has 0 aromatic heterocycles. The third kappa shape index (κ3) is 9.91. The van der Waals surface area contributed by atoms with E-state index in [0.29, 0.717) is 5.56 Å². The second-order valence-electron chi connectivity index (χ2n) is 6.54. The Morgan fingerprint density at radius 3 is 1.68 bits per heavy atom. The van der Waals surface area contributed by atoms with Gasteiger partial charge in [0.2, 0.25) is 0 Å². The first-order valence-corrected chi connectivity index (χ1v) is 10.6. The van der Waals surface area contributed by atoms with Crippen LogP contribution in [0.3, 0.4) is 0 Å². The van der Waals surface area contributed by atoms with E-state index in [0.717, 1.165) is 18.2 Å². The smallest absolute Gasteiger partial charge is 0.372 e. The van der Waals surface area contributed by atoms with Crippen LogP contribution in [0.15, 0.2) is 43.5 Å². The van der Waals surface area contributed by atoms with Crippen LogP contribution in [0, 0.1) is 6.92 Å². The second kappa shape index (κ2) is 15.4. The Morgan fingerprint density at radius 1 is 0.784 bits per heavy atom. The lowest BCUT2D eigenvalue weighted by Crippen LogP contribution is -2.37. The lowest BCUT2D eigenvalue weighted by Gasteiger charge is -2.21. The zero-order valence-electron chi connectivity index (χ0n) is 20.4. The Kier molecular flexibility index (Phi) is 12.7. The highest BCUT2D eigenvalue weighted by molar-refractivity contribution is 6.00. The molecular formula is C23H26N2O12. The Balaban J connectivity index is 3.10. The van der Waals surface area contributed by atoms with Crippen molar-refractivity contribution in [1.82, 2.24) is 10.5 Å². The standard InChI is InChI=1S/C23H26N2O12/c1-6-18(26)32-13-20(28)36-24(34-8-3)22(30)16-11-10-15(5)17(12-16)23(31)25(35-9-4)37-21(29)14-33-19(27)7-2/h6-7,10-12H,1-2,8-9,13-14H2,3-5H3. The highest BCUT2D eigenvalue weighted by atomic mass is 17.0. The van der Waals surface area contributed by atoms with Gasteiger partial charge in [-0.15, -0.1) is 0 Å². The van der Waals surface area contributed by atoms with Gasteiger partial charge in [-0.25, -0.2) is 28.9 Å². The molecule has 0 spiro atoms. The van der Waals surface area contributed by atoms with Crippen molar-refractivity contribution < 1.29 is 57.6 Å². The van der Waals surface area contributed by atoms with E-state index in [1.807, 2.05) is 0 Å². The molecule has 0 heterocycles. The van der Waals surface area contributed by atoms with Crippen molar-refractivity contribution in [3.05, 3.63) is 60.2 Å². The van der Waals surface area contributed by atoms with Crippen LogP contribution in [0.4, 0.5) is 0 Å². The van der Waals surface area contributed by atoms with E-state index in [9.17, 15) is 28.8 Å². The van der Waals surface area contributed by atoms with Gasteiger partial charge in [-0.05, 0) is 48.9 Å². The Labute approximate surface area is 211 Å². The lowest BCUT2D eigenvalue weighted by atomic mass is 10.0. The van der Waals surface area contributed by atoms with Crippen LogP contribution < -0.4 is 0 Å². The van der Waals surface area contributed by atoms with Gasteiger partial charge in [0, 0.05) is 23.3 Å². The molecule has 1 aromatic rings. The zero-order valence-corrected chi connectivity index (χ0v) is 20.4. The van der Waals surface area contributed by atoms with Crippen molar-refractivity contribution in [2.75, 3.05) is 26.4 Å². The van der Waals surface area contributed by atoms with Crippen LogP contribution in [0.2, 0.25) is 0 Å². The number of ether oxygens (including phenoxy) is 2. The Hall–Kier alpha value is -4.56. The molecule has 0 fully saturated rings. The average molecular weight is 522 g/mol. The summed E-state index contributed by atoms with van der Waals surface area (Å²) in [5.41, 5.74) is 0.0653. The summed E-state index contributed by atoms with van der Waals surface area (Å²) in [6, 6.07) is 3.84. The summed E-state index contributed by atoms with van der Waals surface area (Å²) >= 11 is 0. The number of carbonyl (C=O) groups excluding carboxylic acids is 6. The van der Waals surface area contributed by atoms with E-state index < -0.39 is 48.9 Å². The maximum absolute atomic E-state index is 13.0. The molecule has 0 atom stereocenters. The van der Waals surface area contributed by atoms with Gasteiger partial charge in [0.15, 0.2) is 13.2 Å². The van der Waals surface area contributed by atoms with Gasteiger partial charge in [0.25, 0.3) is 0 Å². The van der Waals surface area contributed by atoms with Crippen LogP contribution in [0.5, 0.6) is 0 Å². The highest BCUT2D eigenvalue weighted by Gasteiger charge is 2.27. The van der Waals surface area contributed by atoms with Gasteiger partial charge in [0.1, 0.15) is 0 Å². The number of carbonyl (C=O) groups is 6. The predicted molar refractivity (Wildman–Crippen MR) is 121 cm³/mol. The Bertz CT molecular complexity index is 1050. The van der Waals surface area contributed by atoms with E-state index in [1.165, 1.54) is 32.9 Å². The molecule has 0 radical (unpaired) electrons. The molecule has 2 amide bonds. The molecule has 0 saturated heterocycles. The number of hydrogen-bond acceptors (Lipinski definition) is 12. The number of rotatable bonds is 12. The largest absolute Gasteiger partial charge is 0.450 e. The minimum atomic E-state index is -1.13. The first-order chi connectivity index (χ1) is 17.6. The van der Waals surface area contributed by atoms with Crippen LogP contribution >= 0.6 is 0 Å². The van der Waals surface area contributed by atoms with Crippen LogP contribution in [-0.2, 0) is 48.0 Å². The zero-order chi connectivity index (χ0) is 28.0. The molecule has 14 heteroatoms. The van der Waals surface area contributed by atoms with E-state index in [4.69, 9.17) is 19.4 Å². The van der Waals surface area contributed by atoms with Crippen molar-refractivity contribution in [2.45, 2.75) is 20.8 Å². The molecule has 1 aromatic carbocycles. The number of benzene rings is 1. The van der Waals surface area contributed by atoms with Gasteiger partial charge in [-0.2, -0.15) is 0 Å². The number of amides is 2. The molecule has 37 heavy (non-hydrogen) atoms. The summed E-state index contributed by atoms with van der Waals surface area (Å²) in [5.74, 6) is -6.00. The first kappa shape index (κ1) is 30.5. The molecule has 0 bridgehead atoms. The van der Waals surface area contributed by atoms with Crippen molar-refractivity contribution in [2.24, 2.45) is 0 Å². The minimum absolute atomic E-state index is 0.0897. The molecule has 0 aliphatic carbocycles. The summed E-state index contributed by atoms with van der Waals surface area (Å²) in [7, 11) is 0. The van der Waals surface area contributed by atoms with Gasteiger partial charge in [-0.1, -0.05) is 19.2 Å². The van der Waals surface area contributed by atoms with Crippen LogP contribution in [-0.4, -0.2) is 72.6 Å². The van der Waals surface area contributed by atoms with E-state index >= 15 is 0 Å². The molecule has 0 saturated carbocycles. The van der Waals surface area contributed by atoms with E-state index in [-0.39, 0.29) is 34.8 Å². The summed E-state index contributed by atoms with van der Waals surface area (Å²) < 4.78 is 9.09. The summed E-state index contributed by atoms with van der Waals surface area (Å²) in [4.78, 5) is 91.7. The Morgan fingerprint density at radius 2 is 1.24 bits per heavy atom. The molecule has 200 valence electrons. The quantitative estimate of drug-likeness (QED) is 0.219.